The van der Waals surface area contributed by atoms with Gasteiger partial charge in [0.05, 0.1) is 5.41 Å². The van der Waals surface area contributed by atoms with Gasteiger partial charge in [-0.2, -0.15) is 0 Å². The quantitative estimate of drug-likeness (QED) is 0.785. The van der Waals surface area contributed by atoms with E-state index in [1.54, 1.807) is 4.90 Å². The summed E-state index contributed by atoms with van der Waals surface area (Å²) < 4.78 is 41.1. The molecule has 2 fully saturated rings. The minimum Gasteiger partial charge on any atom is -0.353 e. The van der Waals surface area contributed by atoms with Gasteiger partial charge in [0.25, 0.3) is 5.92 Å². The maximum Gasteiger partial charge on any atom is 0.256 e. The summed E-state index contributed by atoms with van der Waals surface area (Å²) in [6.07, 6.45) is 2.60. The van der Waals surface area contributed by atoms with Gasteiger partial charge in [0.2, 0.25) is 0 Å². The molecule has 2 nitrogen and oxygen atoms in total. The number of aromatic nitrogens is 1. The van der Waals surface area contributed by atoms with Crippen LogP contribution >= 0.6 is 15.9 Å². The average Bonchev–Trinajstić information content (AvgIpc) is 2.78. The Bertz CT molecular complexity index is 494. The highest BCUT2D eigenvalue weighted by Crippen LogP contribution is 2.64. The lowest BCUT2D eigenvalue weighted by atomic mass is 9.94. The SMILES string of the molecule is Fc1cc(Br)cnc1N1CCCC2(C1)CC2(F)F. The van der Waals surface area contributed by atoms with E-state index in [4.69, 9.17) is 0 Å². The second-order valence-corrected chi connectivity index (χ2v) is 6.06. The zero-order valence-electron chi connectivity index (χ0n) is 9.60. The minimum atomic E-state index is -2.59. The van der Waals surface area contributed by atoms with Crippen LogP contribution in [0.1, 0.15) is 19.3 Å². The van der Waals surface area contributed by atoms with E-state index < -0.39 is 17.2 Å². The molecule has 0 bridgehead atoms. The largest absolute Gasteiger partial charge is 0.353 e. The van der Waals surface area contributed by atoms with Crippen LogP contribution in [0.3, 0.4) is 0 Å². The number of halogens is 4. The van der Waals surface area contributed by atoms with Crippen LogP contribution < -0.4 is 4.90 Å². The predicted molar refractivity (Wildman–Crippen MR) is 65.3 cm³/mol. The van der Waals surface area contributed by atoms with Gasteiger partial charge < -0.3 is 4.90 Å². The van der Waals surface area contributed by atoms with E-state index >= 15 is 0 Å². The molecule has 1 aliphatic heterocycles. The zero-order valence-corrected chi connectivity index (χ0v) is 11.2. The van der Waals surface area contributed by atoms with Crippen LogP contribution in [0.25, 0.3) is 0 Å². The molecule has 2 aliphatic rings. The lowest BCUT2D eigenvalue weighted by Crippen LogP contribution is -2.40. The molecular formula is C12H12BrF3N2. The van der Waals surface area contributed by atoms with Crippen molar-refractivity contribution >= 4 is 21.7 Å². The molecule has 0 N–H and O–H groups in total. The van der Waals surface area contributed by atoms with Crippen LogP contribution in [0, 0.1) is 11.2 Å². The lowest BCUT2D eigenvalue weighted by molar-refractivity contribution is 0.0574. The van der Waals surface area contributed by atoms with Gasteiger partial charge in [0.1, 0.15) is 0 Å². The summed E-state index contributed by atoms with van der Waals surface area (Å²) in [5.74, 6) is -2.87. The summed E-state index contributed by atoms with van der Waals surface area (Å²) in [6.45, 7) is 0.787. The zero-order chi connectivity index (χ0) is 13.0. The molecule has 1 aromatic rings. The lowest BCUT2D eigenvalue weighted by Gasteiger charge is -2.34. The van der Waals surface area contributed by atoms with Gasteiger partial charge >= 0.3 is 0 Å². The second-order valence-electron chi connectivity index (χ2n) is 5.15. The molecule has 1 atom stereocenters. The maximum absolute atomic E-state index is 13.8. The van der Waals surface area contributed by atoms with Crippen molar-refractivity contribution in [2.75, 3.05) is 18.0 Å². The summed E-state index contributed by atoms with van der Waals surface area (Å²) in [6, 6.07) is 1.31. The molecule has 0 radical (unpaired) electrons. The molecule has 1 saturated carbocycles. The normalized spacial score (nSPS) is 29.7. The molecule has 6 heteroatoms. The van der Waals surface area contributed by atoms with E-state index in [0.29, 0.717) is 23.9 Å². The van der Waals surface area contributed by atoms with Crippen LogP contribution in [0.5, 0.6) is 0 Å². The third kappa shape index (κ3) is 1.81. The number of hydrogen-bond acceptors (Lipinski definition) is 2. The number of rotatable bonds is 1. The standard InChI is InChI=1S/C12H12BrF3N2/c13-8-4-9(14)10(17-5-8)18-3-1-2-11(7-18)6-12(11,15)16/h4-5H,1-3,6-7H2. The summed E-state index contributed by atoms with van der Waals surface area (Å²) in [5, 5.41) is 0. The molecule has 98 valence electrons. The van der Waals surface area contributed by atoms with Crippen LogP contribution in [0.2, 0.25) is 0 Å². The highest BCUT2D eigenvalue weighted by molar-refractivity contribution is 9.10. The summed E-state index contributed by atoms with van der Waals surface area (Å²) >= 11 is 3.13. The summed E-state index contributed by atoms with van der Waals surface area (Å²) in [4.78, 5) is 5.65. The maximum atomic E-state index is 13.8. The Morgan fingerprint density at radius 3 is 2.72 bits per heavy atom. The molecule has 1 spiro atoms. The number of alkyl halides is 2. The van der Waals surface area contributed by atoms with Crippen LogP contribution in [0.4, 0.5) is 19.0 Å². The van der Waals surface area contributed by atoms with Crippen molar-refractivity contribution in [3.63, 3.8) is 0 Å². The van der Waals surface area contributed by atoms with Gasteiger partial charge in [-0.3, -0.25) is 0 Å². The molecule has 0 aromatic carbocycles. The fourth-order valence-electron chi connectivity index (χ4n) is 2.78. The topological polar surface area (TPSA) is 16.1 Å². The molecule has 3 rings (SSSR count). The molecule has 2 heterocycles. The second kappa shape index (κ2) is 3.85. The Hall–Kier alpha value is -0.780. The van der Waals surface area contributed by atoms with Crippen molar-refractivity contribution in [2.24, 2.45) is 5.41 Å². The molecule has 1 saturated heterocycles. The summed E-state index contributed by atoms with van der Waals surface area (Å²) in [5.41, 5.74) is -0.938. The van der Waals surface area contributed by atoms with Crippen LogP contribution in [0.15, 0.2) is 16.7 Å². The molecule has 1 aliphatic carbocycles. The summed E-state index contributed by atoms with van der Waals surface area (Å²) in [7, 11) is 0. The number of nitrogens with zero attached hydrogens (tertiary/aromatic N) is 2. The Morgan fingerprint density at radius 1 is 1.39 bits per heavy atom. The highest BCUT2D eigenvalue weighted by atomic mass is 79.9. The first-order valence-electron chi connectivity index (χ1n) is 5.87. The molecular weight excluding hydrogens is 309 g/mol. The Balaban J connectivity index is 1.85. The van der Waals surface area contributed by atoms with Crippen molar-refractivity contribution in [2.45, 2.75) is 25.2 Å². The van der Waals surface area contributed by atoms with Crippen molar-refractivity contribution in [3.05, 3.63) is 22.6 Å². The van der Waals surface area contributed by atoms with Crippen molar-refractivity contribution in [1.29, 1.82) is 0 Å². The number of piperidine rings is 1. The molecule has 1 aromatic heterocycles. The third-order valence-electron chi connectivity index (χ3n) is 3.88. The molecule has 0 amide bonds. The van der Waals surface area contributed by atoms with E-state index in [1.807, 2.05) is 0 Å². The fourth-order valence-corrected chi connectivity index (χ4v) is 3.08. The first kappa shape index (κ1) is 12.3. The average molecular weight is 321 g/mol. The van der Waals surface area contributed by atoms with E-state index in [0.717, 1.165) is 0 Å². The van der Waals surface area contributed by atoms with Crippen LogP contribution in [-0.2, 0) is 0 Å². The van der Waals surface area contributed by atoms with Crippen molar-refractivity contribution < 1.29 is 13.2 Å². The molecule has 18 heavy (non-hydrogen) atoms. The van der Waals surface area contributed by atoms with E-state index in [9.17, 15) is 13.2 Å². The van der Waals surface area contributed by atoms with Gasteiger partial charge in [0, 0.05) is 30.2 Å². The first-order valence-corrected chi connectivity index (χ1v) is 6.67. The van der Waals surface area contributed by atoms with Gasteiger partial charge in [-0.25, -0.2) is 18.2 Å². The fraction of sp³-hybridized carbons (Fsp3) is 0.583. The first-order chi connectivity index (χ1) is 8.44. The number of hydrogen-bond donors (Lipinski definition) is 0. The monoisotopic (exact) mass is 320 g/mol. The van der Waals surface area contributed by atoms with Gasteiger partial charge in [0.15, 0.2) is 11.6 Å². The van der Waals surface area contributed by atoms with E-state index in [-0.39, 0.29) is 18.8 Å². The van der Waals surface area contributed by atoms with E-state index in [1.165, 1.54) is 12.3 Å². The van der Waals surface area contributed by atoms with Gasteiger partial charge in [-0.15, -0.1) is 0 Å². The Kier molecular flexibility index (Phi) is 2.63. The van der Waals surface area contributed by atoms with Crippen LogP contribution in [-0.4, -0.2) is 24.0 Å². The predicted octanol–water partition coefficient (Wildman–Crippen LogP) is 3.61. The number of pyridine rings is 1. The van der Waals surface area contributed by atoms with Crippen molar-refractivity contribution in [3.8, 4) is 0 Å². The Morgan fingerprint density at radius 2 is 2.11 bits per heavy atom. The third-order valence-corrected chi connectivity index (χ3v) is 4.31. The van der Waals surface area contributed by atoms with Gasteiger partial charge in [-0.05, 0) is 34.8 Å². The van der Waals surface area contributed by atoms with Gasteiger partial charge in [-0.1, -0.05) is 0 Å². The smallest absolute Gasteiger partial charge is 0.256 e. The molecule has 1 unspecified atom stereocenters. The van der Waals surface area contributed by atoms with E-state index in [2.05, 4.69) is 20.9 Å². The number of anilines is 1. The minimum absolute atomic E-state index is 0.0748. The Labute approximate surface area is 111 Å². The highest BCUT2D eigenvalue weighted by Gasteiger charge is 2.71. The van der Waals surface area contributed by atoms with Crippen molar-refractivity contribution in [1.82, 2.24) is 4.98 Å².